The first kappa shape index (κ1) is 39.4. The Hall–Kier alpha value is -6.11. The van der Waals surface area contributed by atoms with Crippen LogP contribution in [0.2, 0.25) is 15.1 Å². The van der Waals surface area contributed by atoms with Crippen molar-refractivity contribution in [2.24, 2.45) is 0 Å². The molecule has 0 bridgehead atoms. The van der Waals surface area contributed by atoms with Gasteiger partial charge in [0.05, 0.1) is 45.4 Å². The summed E-state index contributed by atoms with van der Waals surface area (Å²) in [7, 11) is 0. The maximum absolute atomic E-state index is 14.2. The van der Waals surface area contributed by atoms with Gasteiger partial charge in [0.25, 0.3) is 0 Å². The van der Waals surface area contributed by atoms with Crippen LogP contribution in [-0.2, 0) is 13.1 Å². The van der Waals surface area contributed by atoms with Crippen molar-refractivity contribution in [3.05, 3.63) is 189 Å². The van der Waals surface area contributed by atoms with Gasteiger partial charge in [0.15, 0.2) is 11.5 Å². The fraction of sp³-hybridized carbons (Fsp3) is 0.0435. The number of hydrogen-bond acceptors (Lipinski definition) is 6. The summed E-state index contributed by atoms with van der Waals surface area (Å²) >= 11 is 21.9. The van der Waals surface area contributed by atoms with E-state index in [-0.39, 0.29) is 11.6 Å². The summed E-state index contributed by atoms with van der Waals surface area (Å²) in [4.78, 5) is 9.20. The smallest absolute Gasteiger partial charge is 0.157 e. The van der Waals surface area contributed by atoms with E-state index >= 15 is 0 Å². The van der Waals surface area contributed by atoms with Crippen LogP contribution in [0.4, 0.5) is 8.78 Å². The van der Waals surface area contributed by atoms with Gasteiger partial charge >= 0.3 is 0 Å². The van der Waals surface area contributed by atoms with E-state index in [2.05, 4.69) is 36.2 Å². The van der Waals surface area contributed by atoms with E-state index < -0.39 is 0 Å². The molecule has 60 heavy (non-hydrogen) atoms. The number of aromatic nitrogens is 6. The van der Waals surface area contributed by atoms with Gasteiger partial charge in [0.1, 0.15) is 23.0 Å². The van der Waals surface area contributed by atoms with Crippen LogP contribution in [0.3, 0.4) is 0 Å². The summed E-state index contributed by atoms with van der Waals surface area (Å²) in [5.41, 5.74) is 8.35. The largest absolute Gasteiger partial charge is 0.359 e. The highest BCUT2D eigenvalue weighted by molar-refractivity contribution is 9.10. The number of hydrogen-bond donors (Lipinski definition) is 0. The topological polar surface area (TPSA) is 87.7 Å². The van der Waals surface area contributed by atoms with Crippen LogP contribution in [0, 0.1) is 11.6 Å². The third-order valence-corrected chi connectivity index (χ3v) is 11.4. The van der Waals surface area contributed by atoms with E-state index in [1.165, 1.54) is 12.1 Å². The Kier molecular flexibility index (Phi) is 11.1. The van der Waals surface area contributed by atoms with Gasteiger partial charge in [-0.3, -0.25) is 0 Å². The number of benzene rings is 4. The Morgan fingerprint density at radius 2 is 0.967 bits per heavy atom. The standard InChI is InChI=1S/C23H14BrClFN3O.C23H14Cl2FN3O/c24-22-18-9-10-29(13-21(18)27-23(22)17-3-1-2-4-19(17)26)12-16-11-20(28-30-16)14-5-7-15(25)8-6-14;24-15-7-5-14(6-8-15)20-11-16(30-28-20)12-29-10-9-18-21(13-29)27-23(22(18)25)17-3-1-2-4-19(17)26/h2*1-11,13H,12H2. The van der Waals surface area contributed by atoms with E-state index in [4.69, 9.17) is 43.8 Å². The molecule has 0 unspecified atom stereocenters. The van der Waals surface area contributed by atoms with Crippen molar-refractivity contribution < 1.29 is 17.8 Å². The molecule has 14 heteroatoms. The molecule has 10 rings (SSSR count). The SMILES string of the molecule is Fc1ccccc1-c1nc2cn(Cc3cc(-c4ccc(Cl)cc4)no3)ccc-2c1Br.Fc1ccccc1-c1nc2cn(Cc3cc(-c4ccc(Cl)cc4)no3)ccc-2c1Cl. The molecule has 4 aliphatic rings. The first-order valence-corrected chi connectivity index (χ1v) is 20.3. The van der Waals surface area contributed by atoms with Crippen LogP contribution >= 0.6 is 50.7 Å². The number of rotatable bonds is 8. The van der Waals surface area contributed by atoms with Crippen LogP contribution in [0.15, 0.2) is 160 Å². The molecule has 0 amide bonds. The molecular weight excluding hydrogens is 893 g/mol. The molecule has 0 saturated carbocycles. The molecule has 0 aliphatic carbocycles. The summed E-state index contributed by atoms with van der Waals surface area (Å²) in [6.45, 7) is 0.964. The van der Waals surface area contributed by atoms with Gasteiger partial charge in [-0.15, -0.1) is 0 Å². The number of nitrogens with zero attached hydrogens (tertiary/aromatic N) is 6. The van der Waals surface area contributed by atoms with Gasteiger partial charge < -0.3 is 18.2 Å². The van der Waals surface area contributed by atoms with Gasteiger partial charge in [0.2, 0.25) is 0 Å². The van der Waals surface area contributed by atoms with E-state index in [9.17, 15) is 8.78 Å². The van der Waals surface area contributed by atoms with E-state index in [0.717, 1.165) is 43.8 Å². The fourth-order valence-corrected chi connectivity index (χ4v) is 7.90. The van der Waals surface area contributed by atoms with Crippen molar-refractivity contribution in [3.8, 4) is 67.5 Å². The molecular formula is C46H28BrCl3F2N6O2. The molecule has 4 aliphatic heterocycles. The molecule has 8 nitrogen and oxygen atoms in total. The Bertz CT molecular complexity index is 2830. The van der Waals surface area contributed by atoms with Crippen LogP contribution in [0.5, 0.6) is 0 Å². The molecule has 4 aromatic carbocycles. The zero-order valence-electron chi connectivity index (χ0n) is 31.0. The second-order valence-electron chi connectivity index (χ2n) is 13.7. The first-order chi connectivity index (χ1) is 29.2. The predicted octanol–water partition coefficient (Wildman–Crippen LogP) is 13.7. The van der Waals surface area contributed by atoms with Gasteiger partial charge in [-0.05, 0) is 76.6 Å². The Morgan fingerprint density at radius 3 is 1.48 bits per heavy atom. The van der Waals surface area contributed by atoms with Gasteiger partial charge in [-0.2, -0.15) is 0 Å². The Labute approximate surface area is 365 Å². The highest BCUT2D eigenvalue weighted by atomic mass is 79.9. The first-order valence-electron chi connectivity index (χ1n) is 18.4. The average Bonchev–Trinajstić information content (AvgIpc) is 4.06. The van der Waals surface area contributed by atoms with Crippen molar-refractivity contribution in [3.63, 3.8) is 0 Å². The Morgan fingerprint density at radius 1 is 0.517 bits per heavy atom. The van der Waals surface area contributed by atoms with Gasteiger partial charge in [-0.25, -0.2) is 18.7 Å². The summed E-state index contributed by atoms with van der Waals surface area (Å²) in [6.07, 6.45) is 7.58. The summed E-state index contributed by atoms with van der Waals surface area (Å²) in [5, 5.41) is 10.1. The highest BCUT2D eigenvalue weighted by Crippen LogP contribution is 2.41. The van der Waals surface area contributed by atoms with E-state index in [0.29, 0.717) is 67.9 Å². The molecule has 0 N–H and O–H groups in total. The second-order valence-corrected chi connectivity index (χ2v) is 15.8. The number of fused-ring (bicyclic) bond motifs is 2. The van der Waals surface area contributed by atoms with Crippen molar-refractivity contribution in [1.29, 1.82) is 0 Å². The molecule has 2 aromatic heterocycles. The van der Waals surface area contributed by atoms with Crippen LogP contribution in [-0.4, -0.2) is 29.4 Å². The van der Waals surface area contributed by atoms with Crippen LogP contribution in [0.1, 0.15) is 11.5 Å². The minimum Gasteiger partial charge on any atom is -0.359 e. The van der Waals surface area contributed by atoms with Gasteiger partial charge in [0, 0.05) is 80.3 Å². The molecule has 0 atom stereocenters. The van der Waals surface area contributed by atoms with Crippen molar-refractivity contribution >= 4 is 50.7 Å². The lowest BCUT2D eigenvalue weighted by atomic mass is 10.1. The molecule has 296 valence electrons. The maximum atomic E-state index is 14.2. The summed E-state index contributed by atoms with van der Waals surface area (Å²) < 4.78 is 44.0. The predicted molar refractivity (Wildman–Crippen MR) is 233 cm³/mol. The quantitative estimate of drug-likeness (QED) is 0.151. The van der Waals surface area contributed by atoms with Crippen molar-refractivity contribution in [1.82, 2.24) is 29.4 Å². The zero-order valence-corrected chi connectivity index (χ0v) is 34.9. The lowest BCUT2D eigenvalue weighted by Gasteiger charge is -2.06. The summed E-state index contributed by atoms with van der Waals surface area (Å²) in [5.74, 6) is 0.747. The molecule has 0 spiro atoms. The third kappa shape index (κ3) is 8.22. The van der Waals surface area contributed by atoms with Crippen LogP contribution < -0.4 is 0 Å². The van der Waals surface area contributed by atoms with Crippen molar-refractivity contribution in [2.75, 3.05) is 0 Å². The average molecular weight is 921 g/mol. The minimum absolute atomic E-state index is 0.301. The Balaban J connectivity index is 0.000000154. The molecule has 0 fully saturated rings. The van der Waals surface area contributed by atoms with E-state index in [1.54, 1.807) is 36.4 Å². The van der Waals surface area contributed by atoms with Crippen LogP contribution in [0.25, 0.3) is 67.5 Å². The summed E-state index contributed by atoms with van der Waals surface area (Å²) in [6, 6.07) is 35.5. The number of pyridine rings is 2. The monoisotopic (exact) mass is 918 g/mol. The highest BCUT2D eigenvalue weighted by Gasteiger charge is 2.22. The molecule has 6 heterocycles. The number of halogens is 6. The molecule has 6 aromatic rings. The third-order valence-electron chi connectivity index (χ3n) is 9.68. The normalized spacial score (nSPS) is 11.3. The molecule has 0 saturated heterocycles. The second kappa shape index (κ2) is 16.9. The molecule has 0 radical (unpaired) electrons. The maximum Gasteiger partial charge on any atom is 0.157 e. The fourth-order valence-electron chi connectivity index (χ4n) is 6.70. The lowest BCUT2D eigenvalue weighted by molar-refractivity contribution is 0.378. The zero-order chi connectivity index (χ0) is 41.3. The van der Waals surface area contributed by atoms with Gasteiger partial charge in [-0.1, -0.05) is 93.6 Å². The minimum atomic E-state index is -0.355. The lowest BCUT2D eigenvalue weighted by Crippen LogP contribution is -1.99. The van der Waals surface area contributed by atoms with Crippen molar-refractivity contribution in [2.45, 2.75) is 13.1 Å². The van der Waals surface area contributed by atoms with E-state index in [1.807, 2.05) is 107 Å².